The molecular formula is C23H29NO2S. The maximum Gasteiger partial charge on any atom is 0.315 e. The highest BCUT2D eigenvalue weighted by Crippen LogP contribution is 2.31. The number of aromatic nitrogens is 1. The SMILES string of the molecule is CC.COC(=O)CSc1ccc2[nH]c(-c3cccc(C(C)(C)C)c3)cc2c1. The molecule has 0 aliphatic heterocycles. The molecule has 144 valence electrons. The van der Waals surface area contributed by atoms with Crippen LogP contribution in [-0.4, -0.2) is 23.8 Å². The maximum atomic E-state index is 11.3. The molecule has 1 heterocycles. The molecule has 3 nitrogen and oxygen atoms in total. The van der Waals surface area contributed by atoms with Gasteiger partial charge in [0.05, 0.1) is 12.9 Å². The number of carbonyl (C=O) groups is 1. The highest BCUT2D eigenvalue weighted by atomic mass is 32.2. The summed E-state index contributed by atoms with van der Waals surface area (Å²) in [5.41, 5.74) is 4.83. The molecule has 3 rings (SSSR count). The van der Waals surface area contributed by atoms with Crippen LogP contribution in [0.5, 0.6) is 0 Å². The molecule has 0 bridgehead atoms. The number of thioether (sulfide) groups is 1. The van der Waals surface area contributed by atoms with Crippen LogP contribution in [-0.2, 0) is 14.9 Å². The normalized spacial score (nSPS) is 11.0. The van der Waals surface area contributed by atoms with Gasteiger partial charge in [-0.3, -0.25) is 4.79 Å². The first-order valence-corrected chi connectivity index (χ1v) is 10.3. The van der Waals surface area contributed by atoms with E-state index in [1.807, 2.05) is 19.9 Å². The Morgan fingerprint density at radius 1 is 1.07 bits per heavy atom. The number of carbonyl (C=O) groups excluding carboxylic acids is 1. The number of benzene rings is 2. The second kappa shape index (κ2) is 9.14. The molecule has 0 radical (unpaired) electrons. The van der Waals surface area contributed by atoms with Crippen molar-refractivity contribution in [3.63, 3.8) is 0 Å². The van der Waals surface area contributed by atoms with Gasteiger partial charge in [0.2, 0.25) is 0 Å². The molecule has 0 aliphatic rings. The predicted molar refractivity (Wildman–Crippen MR) is 117 cm³/mol. The molecule has 0 atom stereocenters. The summed E-state index contributed by atoms with van der Waals surface area (Å²) in [7, 11) is 1.41. The maximum absolute atomic E-state index is 11.3. The molecule has 0 amide bonds. The second-order valence-electron chi connectivity index (χ2n) is 7.13. The smallest absolute Gasteiger partial charge is 0.315 e. The largest absolute Gasteiger partial charge is 0.468 e. The van der Waals surface area contributed by atoms with E-state index in [9.17, 15) is 4.79 Å². The predicted octanol–water partition coefficient (Wildman–Crippen LogP) is 6.42. The minimum absolute atomic E-state index is 0.125. The van der Waals surface area contributed by atoms with Gasteiger partial charge in [0, 0.05) is 21.5 Å². The van der Waals surface area contributed by atoms with Crippen molar-refractivity contribution in [1.82, 2.24) is 4.98 Å². The van der Waals surface area contributed by atoms with Gasteiger partial charge in [0.25, 0.3) is 0 Å². The zero-order valence-corrected chi connectivity index (χ0v) is 17.9. The van der Waals surface area contributed by atoms with Gasteiger partial charge in [-0.15, -0.1) is 11.8 Å². The van der Waals surface area contributed by atoms with E-state index in [4.69, 9.17) is 4.74 Å². The van der Waals surface area contributed by atoms with E-state index in [-0.39, 0.29) is 11.4 Å². The molecule has 0 fully saturated rings. The van der Waals surface area contributed by atoms with Crippen molar-refractivity contribution >= 4 is 28.6 Å². The Morgan fingerprint density at radius 3 is 2.48 bits per heavy atom. The number of aromatic amines is 1. The zero-order chi connectivity index (χ0) is 20.0. The monoisotopic (exact) mass is 383 g/mol. The first-order chi connectivity index (χ1) is 12.9. The number of H-pyrrole nitrogens is 1. The fraction of sp³-hybridized carbons (Fsp3) is 0.348. The molecule has 0 aliphatic carbocycles. The van der Waals surface area contributed by atoms with Crippen molar-refractivity contribution in [1.29, 1.82) is 0 Å². The molecule has 0 saturated heterocycles. The molecular weight excluding hydrogens is 354 g/mol. The van der Waals surface area contributed by atoms with Gasteiger partial charge in [0.15, 0.2) is 0 Å². The summed E-state index contributed by atoms with van der Waals surface area (Å²) in [5.74, 6) is 0.117. The first-order valence-electron chi connectivity index (χ1n) is 9.30. The van der Waals surface area contributed by atoms with Crippen LogP contribution in [0.2, 0.25) is 0 Å². The second-order valence-corrected chi connectivity index (χ2v) is 8.18. The van der Waals surface area contributed by atoms with Crippen LogP contribution in [0.3, 0.4) is 0 Å². The van der Waals surface area contributed by atoms with E-state index < -0.39 is 0 Å². The molecule has 4 heteroatoms. The van der Waals surface area contributed by atoms with E-state index in [2.05, 4.69) is 68.2 Å². The minimum atomic E-state index is -0.209. The summed E-state index contributed by atoms with van der Waals surface area (Å²) >= 11 is 1.49. The number of hydrogen-bond acceptors (Lipinski definition) is 3. The van der Waals surface area contributed by atoms with E-state index in [0.29, 0.717) is 5.75 Å². The molecule has 0 spiro atoms. The number of rotatable bonds is 4. The van der Waals surface area contributed by atoms with Gasteiger partial charge in [-0.25, -0.2) is 0 Å². The minimum Gasteiger partial charge on any atom is -0.468 e. The van der Waals surface area contributed by atoms with Crippen LogP contribution in [0.15, 0.2) is 53.4 Å². The average Bonchev–Trinajstić information content (AvgIpc) is 3.10. The fourth-order valence-electron chi connectivity index (χ4n) is 2.71. The lowest BCUT2D eigenvalue weighted by Gasteiger charge is -2.19. The van der Waals surface area contributed by atoms with Gasteiger partial charge in [0.1, 0.15) is 0 Å². The van der Waals surface area contributed by atoms with E-state index in [1.54, 1.807) is 0 Å². The summed E-state index contributed by atoms with van der Waals surface area (Å²) in [6, 6.07) is 17.0. The molecule has 1 aromatic heterocycles. The van der Waals surface area contributed by atoms with Crippen LogP contribution >= 0.6 is 11.8 Å². The summed E-state index contributed by atoms with van der Waals surface area (Å²) in [5, 5.41) is 1.14. The summed E-state index contributed by atoms with van der Waals surface area (Å²) in [4.78, 5) is 15.9. The Balaban J connectivity index is 0.00000126. The van der Waals surface area contributed by atoms with Crippen molar-refractivity contribution in [2.45, 2.75) is 44.9 Å². The molecule has 0 saturated carbocycles. The third-order valence-corrected chi connectivity index (χ3v) is 5.18. The lowest BCUT2D eigenvalue weighted by atomic mass is 9.86. The van der Waals surface area contributed by atoms with Gasteiger partial charge >= 0.3 is 5.97 Å². The zero-order valence-electron chi connectivity index (χ0n) is 17.1. The van der Waals surface area contributed by atoms with Crippen LogP contribution in [0.4, 0.5) is 0 Å². The van der Waals surface area contributed by atoms with Crippen LogP contribution in [0, 0.1) is 0 Å². The van der Waals surface area contributed by atoms with E-state index in [0.717, 1.165) is 21.5 Å². The van der Waals surface area contributed by atoms with Gasteiger partial charge in [-0.2, -0.15) is 0 Å². The van der Waals surface area contributed by atoms with Crippen molar-refractivity contribution in [2.24, 2.45) is 0 Å². The lowest BCUT2D eigenvalue weighted by molar-refractivity contribution is -0.137. The highest BCUT2D eigenvalue weighted by Gasteiger charge is 2.14. The molecule has 2 aromatic carbocycles. The summed E-state index contributed by atoms with van der Waals surface area (Å²) < 4.78 is 4.69. The van der Waals surface area contributed by atoms with Crippen molar-refractivity contribution in [3.05, 3.63) is 54.1 Å². The Kier molecular flexibility index (Phi) is 7.14. The van der Waals surface area contributed by atoms with Gasteiger partial charge in [-0.05, 0) is 46.9 Å². The molecule has 1 N–H and O–H groups in total. The van der Waals surface area contributed by atoms with Crippen LogP contribution in [0.25, 0.3) is 22.2 Å². The quantitative estimate of drug-likeness (QED) is 0.417. The van der Waals surface area contributed by atoms with Gasteiger partial charge < -0.3 is 9.72 Å². The molecule has 3 aromatic rings. The molecule has 27 heavy (non-hydrogen) atoms. The first kappa shape index (κ1) is 21.1. The standard InChI is InChI=1S/C21H23NO2S.C2H6/c1-21(2,3)16-7-5-6-14(10-16)19-12-15-11-17(8-9-18(15)22-19)25-13-20(23)24-4;1-2/h5-12,22H,13H2,1-4H3;1-2H3. The fourth-order valence-corrected chi connectivity index (χ4v) is 3.49. The highest BCUT2D eigenvalue weighted by molar-refractivity contribution is 8.00. The van der Waals surface area contributed by atoms with E-state index in [1.165, 1.54) is 30.0 Å². The topological polar surface area (TPSA) is 42.1 Å². The number of methoxy groups -OCH3 is 1. The van der Waals surface area contributed by atoms with E-state index >= 15 is 0 Å². The van der Waals surface area contributed by atoms with Crippen molar-refractivity contribution in [2.75, 3.05) is 12.9 Å². The number of fused-ring (bicyclic) bond motifs is 1. The number of hydrogen-bond donors (Lipinski definition) is 1. The van der Waals surface area contributed by atoms with Gasteiger partial charge in [-0.1, -0.05) is 52.8 Å². The lowest BCUT2D eigenvalue weighted by Crippen LogP contribution is -2.10. The Morgan fingerprint density at radius 2 is 1.81 bits per heavy atom. The Labute approximate surface area is 166 Å². The van der Waals surface area contributed by atoms with Crippen LogP contribution < -0.4 is 0 Å². The number of nitrogens with one attached hydrogen (secondary N) is 1. The van der Waals surface area contributed by atoms with Crippen LogP contribution in [0.1, 0.15) is 40.2 Å². The third-order valence-electron chi connectivity index (χ3n) is 4.22. The van der Waals surface area contributed by atoms with Crippen molar-refractivity contribution in [3.8, 4) is 11.3 Å². The number of ether oxygens (including phenoxy) is 1. The molecule has 0 unspecified atom stereocenters. The number of esters is 1. The summed E-state index contributed by atoms with van der Waals surface area (Å²) in [6.07, 6.45) is 0. The average molecular weight is 384 g/mol. The van der Waals surface area contributed by atoms with Crippen molar-refractivity contribution < 1.29 is 9.53 Å². The Bertz CT molecular complexity index is 906. The summed E-state index contributed by atoms with van der Waals surface area (Å²) in [6.45, 7) is 10.7. The Hall–Kier alpha value is -2.20. The third kappa shape index (κ3) is 5.39.